The summed E-state index contributed by atoms with van der Waals surface area (Å²) in [6, 6.07) is 6.73. The molecule has 2 nitrogen and oxygen atoms in total. The first-order valence-corrected chi connectivity index (χ1v) is 7.28. The first-order chi connectivity index (χ1) is 8.58. The van der Waals surface area contributed by atoms with Crippen LogP contribution in [0.4, 0.5) is 5.69 Å². The van der Waals surface area contributed by atoms with Crippen LogP contribution in [0.5, 0.6) is 0 Å². The van der Waals surface area contributed by atoms with E-state index >= 15 is 0 Å². The Labute approximate surface area is 119 Å². The molecule has 1 aromatic rings. The van der Waals surface area contributed by atoms with Crippen LogP contribution < -0.4 is 10.2 Å². The van der Waals surface area contributed by atoms with E-state index in [0.29, 0.717) is 12.1 Å². The van der Waals surface area contributed by atoms with E-state index in [9.17, 15) is 0 Å². The maximum absolute atomic E-state index is 6.27. The molecule has 0 spiro atoms. The van der Waals surface area contributed by atoms with Crippen molar-refractivity contribution < 1.29 is 0 Å². The molecule has 100 valence electrons. The predicted molar refractivity (Wildman–Crippen MR) is 80.0 cm³/mol. The van der Waals surface area contributed by atoms with Gasteiger partial charge in [-0.1, -0.05) is 43.1 Å². The lowest BCUT2D eigenvalue weighted by molar-refractivity contribution is 0.395. The van der Waals surface area contributed by atoms with Crippen LogP contribution in [0.25, 0.3) is 0 Å². The predicted octanol–water partition coefficient (Wildman–Crippen LogP) is 3.96. The third-order valence-electron chi connectivity index (χ3n) is 3.24. The summed E-state index contributed by atoms with van der Waals surface area (Å²) >= 11 is 12.5. The number of piperidine rings is 1. The van der Waals surface area contributed by atoms with Crippen molar-refractivity contribution in [3.05, 3.63) is 28.2 Å². The molecule has 0 amide bonds. The summed E-state index contributed by atoms with van der Waals surface area (Å²) in [6.45, 7) is 6.37. The molecule has 4 heteroatoms. The Bertz CT molecular complexity index is 387. The van der Waals surface area contributed by atoms with E-state index in [-0.39, 0.29) is 0 Å². The minimum Gasteiger partial charge on any atom is -0.368 e. The molecule has 1 fully saturated rings. The Morgan fingerprint density at radius 3 is 2.56 bits per heavy atom. The molecule has 0 aromatic heterocycles. The second-order valence-corrected chi connectivity index (χ2v) is 5.99. The van der Waals surface area contributed by atoms with Gasteiger partial charge in [0.05, 0.1) is 15.7 Å². The van der Waals surface area contributed by atoms with Crippen LogP contribution in [-0.4, -0.2) is 25.2 Å². The van der Waals surface area contributed by atoms with Gasteiger partial charge in [-0.3, -0.25) is 0 Å². The SMILES string of the molecule is CC(C)NC1CCCN(c2c(Cl)cccc2Cl)C1. The highest BCUT2D eigenvalue weighted by molar-refractivity contribution is 6.39. The summed E-state index contributed by atoms with van der Waals surface area (Å²) in [7, 11) is 0. The summed E-state index contributed by atoms with van der Waals surface area (Å²) in [5.74, 6) is 0. The van der Waals surface area contributed by atoms with Crippen molar-refractivity contribution in [2.75, 3.05) is 18.0 Å². The summed E-state index contributed by atoms with van der Waals surface area (Å²) in [4.78, 5) is 2.30. The molecule has 1 heterocycles. The summed E-state index contributed by atoms with van der Waals surface area (Å²) < 4.78 is 0. The zero-order chi connectivity index (χ0) is 13.1. The minimum atomic E-state index is 0.511. The normalized spacial score (nSPS) is 20.5. The number of benzene rings is 1. The van der Waals surface area contributed by atoms with Crippen molar-refractivity contribution in [2.24, 2.45) is 0 Å². The zero-order valence-corrected chi connectivity index (χ0v) is 12.4. The number of halogens is 2. The number of nitrogens with one attached hydrogen (secondary N) is 1. The molecule has 2 rings (SSSR count). The average molecular weight is 287 g/mol. The van der Waals surface area contributed by atoms with Crippen LogP contribution >= 0.6 is 23.2 Å². The summed E-state index contributed by atoms with van der Waals surface area (Å²) in [6.07, 6.45) is 2.39. The molecule has 0 saturated carbocycles. The Morgan fingerprint density at radius 1 is 1.28 bits per heavy atom. The first kappa shape index (κ1) is 14.0. The van der Waals surface area contributed by atoms with E-state index < -0.39 is 0 Å². The lowest BCUT2D eigenvalue weighted by Gasteiger charge is -2.36. The van der Waals surface area contributed by atoms with Gasteiger partial charge in [0.25, 0.3) is 0 Å². The monoisotopic (exact) mass is 286 g/mol. The Hall–Kier alpha value is -0.440. The van der Waals surface area contributed by atoms with Crippen LogP contribution in [0, 0.1) is 0 Å². The van der Waals surface area contributed by atoms with Gasteiger partial charge in [0.15, 0.2) is 0 Å². The average Bonchev–Trinajstić information content (AvgIpc) is 2.28. The molecule has 1 saturated heterocycles. The summed E-state index contributed by atoms with van der Waals surface area (Å²) in [5.41, 5.74) is 0.982. The topological polar surface area (TPSA) is 15.3 Å². The molecule has 1 aliphatic heterocycles. The standard InChI is InChI=1S/C14H20Cl2N2/c1-10(2)17-11-5-4-8-18(9-11)14-12(15)6-3-7-13(14)16/h3,6-7,10-11,17H,4-5,8-9H2,1-2H3. The van der Waals surface area contributed by atoms with Gasteiger partial charge < -0.3 is 10.2 Å². The number of anilines is 1. The van der Waals surface area contributed by atoms with Crippen LogP contribution in [-0.2, 0) is 0 Å². The molecule has 1 atom stereocenters. The molecule has 0 radical (unpaired) electrons. The van der Waals surface area contributed by atoms with Gasteiger partial charge in [-0.15, -0.1) is 0 Å². The van der Waals surface area contributed by atoms with Gasteiger partial charge in [-0.25, -0.2) is 0 Å². The molecule has 0 bridgehead atoms. The largest absolute Gasteiger partial charge is 0.368 e. The van der Waals surface area contributed by atoms with Crippen LogP contribution in [0.2, 0.25) is 10.0 Å². The molecule has 1 unspecified atom stereocenters. The Kier molecular flexibility index (Phi) is 4.77. The smallest absolute Gasteiger partial charge is 0.0745 e. The van der Waals surface area contributed by atoms with Crippen LogP contribution in [0.3, 0.4) is 0 Å². The van der Waals surface area contributed by atoms with Gasteiger partial charge in [-0.05, 0) is 25.0 Å². The maximum Gasteiger partial charge on any atom is 0.0745 e. The Balaban J connectivity index is 2.13. The molecular formula is C14H20Cl2N2. The first-order valence-electron chi connectivity index (χ1n) is 6.53. The lowest BCUT2D eigenvalue weighted by Crippen LogP contribution is -2.48. The van der Waals surface area contributed by atoms with E-state index in [1.54, 1.807) is 0 Å². The van der Waals surface area contributed by atoms with Crippen molar-refractivity contribution in [2.45, 2.75) is 38.8 Å². The highest BCUT2D eigenvalue weighted by Crippen LogP contribution is 2.35. The molecule has 1 aromatic carbocycles. The fraction of sp³-hybridized carbons (Fsp3) is 0.571. The van der Waals surface area contributed by atoms with E-state index in [2.05, 4.69) is 24.1 Å². The third kappa shape index (κ3) is 3.31. The number of hydrogen-bond acceptors (Lipinski definition) is 2. The second-order valence-electron chi connectivity index (χ2n) is 5.18. The van der Waals surface area contributed by atoms with E-state index in [1.165, 1.54) is 12.8 Å². The Morgan fingerprint density at radius 2 is 1.94 bits per heavy atom. The maximum atomic E-state index is 6.27. The second kappa shape index (κ2) is 6.14. The van der Waals surface area contributed by atoms with E-state index in [0.717, 1.165) is 28.8 Å². The number of hydrogen-bond donors (Lipinski definition) is 1. The van der Waals surface area contributed by atoms with Crippen molar-refractivity contribution in [3.8, 4) is 0 Å². The van der Waals surface area contributed by atoms with Crippen molar-refractivity contribution >= 4 is 28.9 Å². The highest BCUT2D eigenvalue weighted by atomic mass is 35.5. The minimum absolute atomic E-state index is 0.511. The number of nitrogens with zero attached hydrogens (tertiary/aromatic N) is 1. The van der Waals surface area contributed by atoms with Gasteiger partial charge in [-0.2, -0.15) is 0 Å². The van der Waals surface area contributed by atoms with Crippen LogP contribution in [0.1, 0.15) is 26.7 Å². The molecule has 1 aliphatic rings. The number of rotatable bonds is 3. The lowest BCUT2D eigenvalue weighted by atomic mass is 10.0. The van der Waals surface area contributed by atoms with Gasteiger partial charge >= 0.3 is 0 Å². The highest BCUT2D eigenvalue weighted by Gasteiger charge is 2.23. The van der Waals surface area contributed by atoms with E-state index in [4.69, 9.17) is 23.2 Å². The fourth-order valence-corrected chi connectivity index (χ4v) is 3.22. The quantitative estimate of drug-likeness (QED) is 0.905. The summed E-state index contributed by atoms with van der Waals surface area (Å²) in [5, 5.41) is 5.08. The van der Waals surface area contributed by atoms with Gasteiger partial charge in [0, 0.05) is 25.2 Å². The third-order valence-corrected chi connectivity index (χ3v) is 3.85. The van der Waals surface area contributed by atoms with Crippen molar-refractivity contribution in [1.82, 2.24) is 5.32 Å². The molecule has 1 N–H and O–H groups in total. The van der Waals surface area contributed by atoms with Gasteiger partial charge in [0.2, 0.25) is 0 Å². The van der Waals surface area contributed by atoms with Gasteiger partial charge in [0.1, 0.15) is 0 Å². The number of para-hydroxylation sites is 1. The van der Waals surface area contributed by atoms with E-state index in [1.807, 2.05) is 18.2 Å². The van der Waals surface area contributed by atoms with Crippen molar-refractivity contribution in [3.63, 3.8) is 0 Å². The van der Waals surface area contributed by atoms with Crippen molar-refractivity contribution in [1.29, 1.82) is 0 Å². The van der Waals surface area contributed by atoms with Crippen LogP contribution in [0.15, 0.2) is 18.2 Å². The molecule has 18 heavy (non-hydrogen) atoms. The molecule has 0 aliphatic carbocycles. The zero-order valence-electron chi connectivity index (χ0n) is 10.9. The molecular weight excluding hydrogens is 267 g/mol. The fourth-order valence-electron chi connectivity index (χ4n) is 2.58.